The Morgan fingerprint density at radius 1 is 1.11 bits per heavy atom. The van der Waals surface area contributed by atoms with E-state index in [9.17, 15) is 13.2 Å². The summed E-state index contributed by atoms with van der Waals surface area (Å²) < 4.78 is 37.7. The van der Waals surface area contributed by atoms with Gasteiger partial charge in [-0.2, -0.15) is 13.2 Å². The van der Waals surface area contributed by atoms with Gasteiger partial charge < -0.3 is 10.6 Å². The van der Waals surface area contributed by atoms with Gasteiger partial charge in [-0.25, -0.2) is 4.98 Å². The summed E-state index contributed by atoms with van der Waals surface area (Å²) in [7, 11) is 1.62. The molecule has 28 heavy (non-hydrogen) atoms. The number of aliphatic imine (C=N–C) groups is 1. The van der Waals surface area contributed by atoms with Crippen LogP contribution < -0.4 is 10.6 Å². The number of nitrogens with one attached hydrogen (secondary N) is 2. The molecule has 3 rings (SSSR count). The fourth-order valence-electron chi connectivity index (χ4n) is 2.62. The smallest absolute Gasteiger partial charge is 0.356 e. The number of thiazole rings is 1. The van der Waals surface area contributed by atoms with Crippen LogP contribution in [-0.2, 0) is 19.1 Å². The van der Waals surface area contributed by atoms with Crippen LogP contribution in [0.4, 0.5) is 13.2 Å². The van der Waals surface area contributed by atoms with E-state index in [1.165, 1.54) is 16.3 Å². The highest BCUT2D eigenvalue weighted by Crippen LogP contribution is 2.29. The van der Waals surface area contributed by atoms with Crippen molar-refractivity contribution in [2.75, 3.05) is 13.6 Å². The van der Waals surface area contributed by atoms with Crippen LogP contribution in [0, 0.1) is 0 Å². The van der Waals surface area contributed by atoms with Gasteiger partial charge in [-0.3, -0.25) is 4.99 Å². The van der Waals surface area contributed by atoms with Crippen LogP contribution in [0.3, 0.4) is 0 Å². The quantitative estimate of drug-likeness (QED) is 0.288. The molecule has 0 aliphatic heterocycles. The molecule has 3 aromatic rings. The topological polar surface area (TPSA) is 49.3 Å². The van der Waals surface area contributed by atoms with Gasteiger partial charge in [0.1, 0.15) is 5.01 Å². The fourth-order valence-corrected chi connectivity index (χ4v) is 3.36. The van der Waals surface area contributed by atoms with Crippen LogP contribution in [0.2, 0.25) is 0 Å². The molecule has 1 heterocycles. The zero-order chi connectivity index (χ0) is 19.3. The third kappa shape index (κ3) is 6.06. The highest BCUT2D eigenvalue weighted by Gasteiger charge is 2.33. The summed E-state index contributed by atoms with van der Waals surface area (Å²) in [5, 5.41) is 9.93. The number of hydrogen-bond acceptors (Lipinski definition) is 3. The van der Waals surface area contributed by atoms with Crippen molar-refractivity contribution in [3.05, 3.63) is 64.1 Å². The highest BCUT2D eigenvalue weighted by atomic mass is 127. The Kier molecular flexibility index (Phi) is 8.05. The van der Waals surface area contributed by atoms with E-state index in [1.54, 1.807) is 7.05 Å². The average Bonchev–Trinajstić information content (AvgIpc) is 3.14. The Labute approximate surface area is 182 Å². The third-order valence-electron chi connectivity index (χ3n) is 3.99. The number of alkyl halides is 3. The largest absolute Gasteiger partial charge is 0.434 e. The summed E-state index contributed by atoms with van der Waals surface area (Å²) in [5.41, 5.74) is 0.343. The van der Waals surface area contributed by atoms with Gasteiger partial charge in [0.15, 0.2) is 11.7 Å². The zero-order valence-corrected chi connectivity index (χ0v) is 18.2. The molecule has 0 saturated carbocycles. The van der Waals surface area contributed by atoms with Crippen molar-refractivity contribution in [2.45, 2.75) is 19.1 Å². The fraction of sp³-hybridized carbons (Fsp3) is 0.263. The van der Waals surface area contributed by atoms with Crippen molar-refractivity contribution in [1.29, 1.82) is 0 Å². The molecule has 0 aliphatic carbocycles. The van der Waals surface area contributed by atoms with Crippen LogP contribution in [0.1, 0.15) is 16.3 Å². The first-order valence-corrected chi connectivity index (χ1v) is 9.27. The molecule has 0 unspecified atom stereocenters. The Bertz CT molecular complexity index is 940. The summed E-state index contributed by atoms with van der Waals surface area (Å²) in [6.07, 6.45) is -3.60. The van der Waals surface area contributed by atoms with E-state index < -0.39 is 11.9 Å². The number of benzene rings is 2. The SMILES string of the molecule is CN=C(NCCc1ccc2ccccc2c1)NCc1nc(C(F)(F)F)cs1.I. The van der Waals surface area contributed by atoms with Gasteiger partial charge in [0, 0.05) is 19.0 Å². The van der Waals surface area contributed by atoms with Crippen molar-refractivity contribution >= 4 is 52.0 Å². The molecule has 150 valence electrons. The molecule has 0 saturated heterocycles. The molecule has 1 aromatic heterocycles. The average molecular weight is 520 g/mol. The van der Waals surface area contributed by atoms with Crippen molar-refractivity contribution in [3.8, 4) is 0 Å². The minimum atomic E-state index is -4.41. The van der Waals surface area contributed by atoms with Crippen LogP contribution >= 0.6 is 35.3 Å². The van der Waals surface area contributed by atoms with Crippen molar-refractivity contribution in [1.82, 2.24) is 15.6 Å². The van der Waals surface area contributed by atoms with Gasteiger partial charge in [-0.1, -0.05) is 42.5 Å². The number of aromatic nitrogens is 1. The lowest BCUT2D eigenvalue weighted by atomic mass is 10.1. The predicted octanol–water partition coefficient (Wildman–Crippen LogP) is 4.84. The Morgan fingerprint density at radius 2 is 1.86 bits per heavy atom. The molecule has 4 nitrogen and oxygen atoms in total. The van der Waals surface area contributed by atoms with Crippen molar-refractivity contribution < 1.29 is 13.2 Å². The molecule has 0 fully saturated rings. The maximum absolute atomic E-state index is 12.6. The van der Waals surface area contributed by atoms with E-state index in [0.717, 1.165) is 23.1 Å². The summed E-state index contributed by atoms with van der Waals surface area (Å²) in [4.78, 5) is 7.68. The monoisotopic (exact) mass is 520 g/mol. The molecule has 2 N–H and O–H groups in total. The number of hydrogen-bond donors (Lipinski definition) is 2. The number of guanidine groups is 1. The van der Waals surface area contributed by atoms with Crippen LogP contribution in [0.5, 0.6) is 0 Å². The Morgan fingerprint density at radius 3 is 2.54 bits per heavy atom. The van der Waals surface area contributed by atoms with Gasteiger partial charge >= 0.3 is 6.18 Å². The first-order chi connectivity index (χ1) is 13.0. The Balaban J connectivity index is 0.00000280. The highest BCUT2D eigenvalue weighted by molar-refractivity contribution is 14.0. The molecule has 0 radical (unpaired) electrons. The standard InChI is InChI=1S/C19H19F3N4S.HI/c1-23-18(25-11-17-26-16(12-27-17)19(20,21)22)24-9-8-13-6-7-14-4-2-3-5-15(14)10-13;/h2-7,10,12H,8-9,11H2,1H3,(H2,23,24,25);1H. The summed E-state index contributed by atoms with van der Waals surface area (Å²) in [6, 6.07) is 14.5. The van der Waals surface area contributed by atoms with Crippen molar-refractivity contribution in [3.63, 3.8) is 0 Å². The molecular formula is C19H20F3IN4S. The molecule has 0 aliphatic rings. The minimum Gasteiger partial charge on any atom is -0.356 e. The van der Waals surface area contributed by atoms with Gasteiger partial charge in [0.25, 0.3) is 0 Å². The lowest BCUT2D eigenvalue weighted by Gasteiger charge is -2.11. The summed E-state index contributed by atoms with van der Waals surface area (Å²) in [6.45, 7) is 0.847. The first-order valence-electron chi connectivity index (χ1n) is 8.39. The molecule has 0 spiro atoms. The van der Waals surface area contributed by atoms with Crippen LogP contribution in [0.25, 0.3) is 10.8 Å². The number of nitrogens with zero attached hydrogens (tertiary/aromatic N) is 2. The summed E-state index contributed by atoms with van der Waals surface area (Å²) >= 11 is 0.974. The second-order valence-electron chi connectivity index (χ2n) is 5.91. The number of rotatable bonds is 5. The second kappa shape index (κ2) is 10.1. The number of fused-ring (bicyclic) bond motifs is 1. The van der Waals surface area contributed by atoms with E-state index >= 15 is 0 Å². The Hall–Kier alpha value is -1.88. The zero-order valence-electron chi connectivity index (χ0n) is 15.1. The van der Waals surface area contributed by atoms with Gasteiger partial charge in [0.2, 0.25) is 0 Å². The van der Waals surface area contributed by atoms with Gasteiger partial charge in [-0.15, -0.1) is 35.3 Å². The molecule has 9 heteroatoms. The third-order valence-corrected chi connectivity index (χ3v) is 4.84. The maximum atomic E-state index is 12.6. The van der Waals surface area contributed by atoms with Gasteiger partial charge in [0.05, 0.1) is 6.54 Å². The van der Waals surface area contributed by atoms with E-state index in [0.29, 0.717) is 17.5 Å². The maximum Gasteiger partial charge on any atom is 0.434 e. The minimum absolute atomic E-state index is 0. The second-order valence-corrected chi connectivity index (χ2v) is 6.85. The van der Waals surface area contributed by atoms with Crippen molar-refractivity contribution in [2.24, 2.45) is 4.99 Å². The lowest BCUT2D eigenvalue weighted by molar-refractivity contribution is -0.140. The molecule has 0 atom stereocenters. The van der Waals surface area contributed by atoms with E-state index in [-0.39, 0.29) is 30.5 Å². The lowest BCUT2D eigenvalue weighted by Crippen LogP contribution is -2.37. The van der Waals surface area contributed by atoms with E-state index in [1.807, 2.05) is 12.1 Å². The van der Waals surface area contributed by atoms with E-state index in [4.69, 9.17) is 0 Å². The predicted molar refractivity (Wildman–Crippen MR) is 118 cm³/mol. The van der Waals surface area contributed by atoms with Gasteiger partial charge in [-0.05, 0) is 22.8 Å². The molecule has 0 amide bonds. The first kappa shape index (κ1) is 22.4. The molecule has 0 bridgehead atoms. The molecular weight excluding hydrogens is 500 g/mol. The number of halogens is 4. The van der Waals surface area contributed by atoms with Crippen LogP contribution in [0.15, 0.2) is 52.8 Å². The summed E-state index contributed by atoms with van der Waals surface area (Å²) in [5.74, 6) is 0.527. The van der Waals surface area contributed by atoms with Crippen LogP contribution in [-0.4, -0.2) is 24.5 Å². The normalized spacial score (nSPS) is 11.9. The van der Waals surface area contributed by atoms with E-state index in [2.05, 4.69) is 50.9 Å². The molecule has 2 aromatic carbocycles.